The van der Waals surface area contributed by atoms with Crippen LogP contribution in [0.4, 0.5) is 40.6 Å². The Morgan fingerprint density at radius 1 is 0.625 bits per heavy atom. The first-order chi connectivity index (χ1) is 11.6. The molecule has 0 fully saturated rings. The van der Waals surface area contributed by atoms with Gasteiger partial charge in [-0.05, 0) is 24.3 Å². The molecule has 0 saturated heterocycles. The summed E-state index contributed by atoms with van der Waals surface area (Å²) in [4.78, 5) is 7.90. The number of nitrogens with zero attached hydrogens (tertiary/aromatic N) is 2. The zero-order chi connectivity index (χ0) is 17.1. The van der Waals surface area contributed by atoms with Gasteiger partial charge in [0.2, 0.25) is 0 Å². The molecule has 0 aliphatic rings. The number of nitrogens with one attached hydrogen (secondary N) is 2. The predicted octanol–water partition coefficient (Wildman–Crippen LogP) is 4.52. The van der Waals surface area contributed by atoms with E-state index in [0.29, 0.717) is 0 Å². The van der Waals surface area contributed by atoms with Gasteiger partial charge in [0.05, 0.1) is 11.4 Å². The molecular formula is C16H10F4N4. The Morgan fingerprint density at radius 3 is 1.46 bits per heavy atom. The van der Waals surface area contributed by atoms with Gasteiger partial charge in [0.25, 0.3) is 0 Å². The maximum Gasteiger partial charge on any atom is 0.182 e. The predicted molar refractivity (Wildman–Crippen MR) is 81.3 cm³/mol. The number of halogens is 4. The van der Waals surface area contributed by atoms with E-state index in [4.69, 9.17) is 0 Å². The molecule has 122 valence electrons. The summed E-state index contributed by atoms with van der Waals surface area (Å²) in [5.74, 6) is -4.21. The Labute approximate surface area is 134 Å². The Kier molecular flexibility index (Phi) is 4.28. The van der Waals surface area contributed by atoms with Gasteiger partial charge in [-0.1, -0.05) is 12.1 Å². The molecule has 3 rings (SSSR count). The van der Waals surface area contributed by atoms with Crippen molar-refractivity contribution < 1.29 is 17.6 Å². The van der Waals surface area contributed by atoms with Gasteiger partial charge >= 0.3 is 0 Å². The fourth-order valence-corrected chi connectivity index (χ4v) is 1.98. The van der Waals surface area contributed by atoms with Crippen LogP contribution in [0.5, 0.6) is 0 Å². The highest BCUT2D eigenvalue weighted by Crippen LogP contribution is 2.27. The Hall–Kier alpha value is -3.16. The summed E-state index contributed by atoms with van der Waals surface area (Å²) in [6, 6.07) is 7.18. The summed E-state index contributed by atoms with van der Waals surface area (Å²) in [7, 11) is 0. The molecule has 0 atom stereocenters. The van der Waals surface area contributed by atoms with E-state index in [-0.39, 0.29) is 23.0 Å². The van der Waals surface area contributed by atoms with E-state index in [1.165, 1.54) is 36.7 Å². The van der Waals surface area contributed by atoms with E-state index in [9.17, 15) is 17.6 Å². The van der Waals surface area contributed by atoms with Crippen LogP contribution in [0.15, 0.2) is 48.8 Å². The third-order valence-corrected chi connectivity index (χ3v) is 3.11. The molecule has 1 heterocycles. The summed E-state index contributed by atoms with van der Waals surface area (Å²) in [5.41, 5.74) is -0.337. The van der Waals surface area contributed by atoms with E-state index < -0.39 is 23.3 Å². The second kappa shape index (κ2) is 6.53. The molecule has 4 nitrogen and oxygen atoms in total. The minimum absolute atomic E-state index is 0.0191. The fraction of sp³-hybridized carbons (Fsp3) is 0. The first kappa shape index (κ1) is 15.7. The highest BCUT2D eigenvalue weighted by atomic mass is 19.2. The summed E-state index contributed by atoms with van der Waals surface area (Å²) < 4.78 is 54.0. The standard InChI is InChI=1S/C16H10F4N4/c17-9-3-1-5-11(13(9)19)23-15-16(22-8-7-21-15)24-12-6-2-4-10(18)14(12)20/h1-8H,(H,21,23)(H,22,24). The van der Waals surface area contributed by atoms with Crippen LogP contribution < -0.4 is 10.6 Å². The van der Waals surface area contributed by atoms with Crippen LogP contribution in [0.1, 0.15) is 0 Å². The lowest BCUT2D eigenvalue weighted by Gasteiger charge is -2.13. The van der Waals surface area contributed by atoms with Gasteiger partial charge in [-0.3, -0.25) is 0 Å². The highest BCUT2D eigenvalue weighted by molar-refractivity contribution is 5.72. The summed E-state index contributed by atoms with van der Waals surface area (Å²) in [6.45, 7) is 0. The van der Waals surface area contributed by atoms with Crippen molar-refractivity contribution >= 4 is 23.0 Å². The van der Waals surface area contributed by atoms with Crippen LogP contribution in [0.2, 0.25) is 0 Å². The lowest BCUT2D eigenvalue weighted by Crippen LogP contribution is -2.05. The van der Waals surface area contributed by atoms with Crippen LogP contribution in [0, 0.1) is 23.3 Å². The molecule has 0 amide bonds. The van der Waals surface area contributed by atoms with Crippen LogP contribution in [-0.2, 0) is 0 Å². The van der Waals surface area contributed by atoms with Gasteiger partial charge in [0, 0.05) is 12.4 Å². The molecule has 3 aromatic rings. The molecule has 0 bridgehead atoms. The van der Waals surface area contributed by atoms with Gasteiger partial charge in [-0.25, -0.2) is 27.5 Å². The van der Waals surface area contributed by atoms with Crippen molar-refractivity contribution in [2.75, 3.05) is 10.6 Å². The first-order valence-corrected chi connectivity index (χ1v) is 6.79. The number of rotatable bonds is 4. The maximum atomic E-state index is 13.7. The molecule has 1 aromatic heterocycles. The highest BCUT2D eigenvalue weighted by Gasteiger charge is 2.14. The molecule has 8 heteroatoms. The third-order valence-electron chi connectivity index (χ3n) is 3.11. The minimum atomic E-state index is -1.09. The second-order valence-corrected chi connectivity index (χ2v) is 4.71. The number of benzene rings is 2. The summed E-state index contributed by atoms with van der Waals surface area (Å²) in [6.07, 6.45) is 2.62. The quantitative estimate of drug-likeness (QED) is 0.689. The molecule has 2 N–H and O–H groups in total. The van der Waals surface area contributed by atoms with Crippen molar-refractivity contribution in [3.05, 3.63) is 72.1 Å². The Balaban J connectivity index is 1.94. The maximum absolute atomic E-state index is 13.7. The van der Waals surface area contributed by atoms with Crippen molar-refractivity contribution in [1.82, 2.24) is 9.97 Å². The van der Waals surface area contributed by atoms with E-state index in [2.05, 4.69) is 20.6 Å². The SMILES string of the molecule is Fc1cccc(Nc2nccnc2Nc2cccc(F)c2F)c1F. The molecule has 0 unspecified atom stereocenters. The van der Waals surface area contributed by atoms with E-state index >= 15 is 0 Å². The van der Waals surface area contributed by atoms with Crippen molar-refractivity contribution in [2.24, 2.45) is 0 Å². The zero-order valence-electron chi connectivity index (χ0n) is 12.0. The van der Waals surface area contributed by atoms with Gasteiger partial charge in [0.15, 0.2) is 34.9 Å². The number of anilines is 4. The van der Waals surface area contributed by atoms with Crippen molar-refractivity contribution in [3.8, 4) is 0 Å². The topological polar surface area (TPSA) is 49.8 Å². The molecule has 0 aliphatic carbocycles. The molecule has 0 radical (unpaired) electrons. The van der Waals surface area contributed by atoms with Crippen molar-refractivity contribution in [2.45, 2.75) is 0 Å². The largest absolute Gasteiger partial charge is 0.335 e. The number of hydrogen-bond acceptors (Lipinski definition) is 4. The van der Waals surface area contributed by atoms with Gasteiger partial charge in [-0.15, -0.1) is 0 Å². The van der Waals surface area contributed by atoms with E-state index in [0.717, 1.165) is 12.1 Å². The molecule has 2 aromatic carbocycles. The summed E-state index contributed by atoms with van der Waals surface area (Å²) >= 11 is 0. The van der Waals surface area contributed by atoms with E-state index in [1.54, 1.807) is 0 Å². The van der Waals surface area contributed by atoms with Crippen LogP contribution in [0.3, 0.4) is 0 Å². The molecular weight excluding hydrogens is 324 g/mol. The lowest BCUT2D eigenvalue weighted by atomic mass is 10.3. The second-order valence-electron chi connectivity index (χ2n) is 4.71. The lowest BCUT2D eigenvalue weighted by molar-refractivity contribution is 0.511. The average molecular weight is 334 g/mol. The average Bonchev–Trinajstić information content (AvgIpc) is 2.58. The normalized spacial score (nSPS) is 10.5. The van der Waals surface area contributed by atoms with Crippen molar-refractivity contribution in [3.63, 3.8) is 0 Å². The van der Waals surface area contributed by atoms with Crippen LogP contribution in [-0.4, -0.2) is 9.97 Å². The zero-order valence-corrected chi connectivity index (χ0v) is 12.0. The van der Waals surface area contributed by atoms with Gasteiger partial charge in [0.1, 0.15) is 0 Å². The minimum Gasteiger partial charge on any atom is -0.335 e. The monoisotopic (exact) mass is 334 g/mol. The Morgan fingerprint density at radius 2 is 1.04 bits per heavy atom. The van der Waals surface area contributed by atoms with Gasteiger partial charge in [-0.2, -0.15) is 0 Å². The molecule has 24 heavy (non-hydrogen) atoms. The third kappa shape index (κ3) is 3.12. The summed E-state index contributed by atoms with van der Waals surface area (Å²) in [5, 5.41) is 5.14. The number of hydrogen-bond donors (Lipinski definition) is 2. The van der Waals surface area contributed by atoms with Crippen LogP contribution >= 0.6 is 0 Å². The molecule has 0 saturated carbocycles. The number of aromatic nitrogens is 2. The smallest absolute Gasteiger partial charge is 0.182 e. The molecule has 0 spiro atoms. The fourth-order valence-electron chi connectivity index (χ4n) is 1.98. The van der Waals surface area contributed by atoms with E-state index in [1.807, 2.05) is 0 Å². The van der Waals surface area contributed by atoms with Crippen molar-refractivity contribution in [1.29, 1.82) is 0 Å². The van der Waals surface area contributed by atoms with Crippen LogP contribution in [0.25, 0.3) is 0 Å². The molecule has 0 aliphatic heterocycles. The van der Waals surface area contributed by atoms with Gasteiger partial charge < -0.3 is 10.6 Å². The first-order valence-electron chi connectivity index (χ1n) is 6.79. The Bertz CT molecular complexity index is 813.